The van der Waals surface area contributed by atoms with Crippen LogP contribution in [0.3, 0.4) is 0 Å². The minimum absolute atomic E-state index is 0.151. The van der Waals surface area contributed by atoms with Gasteiger partial charge in [-0.25, -0.2) is 14.0 Å². The number of carbonyl (C=O) groups is 2. The van der Waals surface area contributed by atoms with E-state index in [9.17, 15) is 14.0 Å². The number of halogens is 1. The molecule has 0 saturated heterocycles. The molecule has 0 aliphatic rings. The van der Waals surface area contributed by atoms with E-state index >= 15 is 0 Å². The first-order chi connectivity index (χ1) is 9.67. The smallest absolute Gasteiger partial charge is 0.408 e. The Morgan fingerprint density at radius 3 is 2.57 bits per heavy atom. The van der Waals surface area contributed by atoms with Crippen molar-refractivity contribution in [3.8, 4) is 0 Å². The van der Waals surface area contributed by atoms with Crippen molar-refractivity contribution < 1.29 is 23.8 Å². The molecule has 0 aromatic heterocycles. The Bertz CT molecular complexity index is 511. The number of hydrogen-bond acceptors (Lipinski definition) is 3. The molecule has 0 radical (unpaired) electrons. The van der Waals surface area contributed by atoms with Crippen LogP contribution in [0, 0.1) is 5.82 Å². The van der Waals surface area contributed by atoms with Gasteiger partial charge in [-0.1, -0.05) is 12.1 Å². The van der Waals surface area contributed by atoms with Gasteiger partial charge in [0.25, 0.3) is 0 Å². The molecular formula is C15H20FNO4. The molecule has 0 heterocycles. The summed E-state index contributed by atoms with van der Waals surface area (Å²) in [4.78, 5) is 22.7. The number of carboxylic acid groups (broad SMARTS) is 1. The Labute approximate surface area is 123 Å². The summed E-state index contributed by atoms with van der Waals surface area (Å²) in [6.45, 7) is 5.07. The number of alkyl carbamates (subject to hydrolysis) is 1. The van der Waals surface area contributed by atoms with Gasteiger partial charge in [0.1, 0.15) is 17.5 Å². The number of carboxylic acids is 1. The summed E-state index contributed by atoms with van der Waals surface area (Å²) in [6.07, 6.45) is -0.295. The molecule has 1 aromatic carbocycles. The maximum atomic E-state index is 13.0. The zero-order valence-electron chi connectivity index (χ0n) is 12.4. The molecule has 0 fully saturated rings. The van der Waals surface area contributed by atoms with E-state index in [1.807, 2.05) is 0 Å². The number of nitrogens with one attached hydrogen (secondary N) is 1. The molecule has 0 unspecified atom stereocenters. The summed E-state index contributed by atoms with van der Waals surface area (Å²) >= 11 is 0. The molecule has 0 spiro atoms. The molecule has 21 heavy (non-hydrogen) atoms. The molecule has 0 bridgehead atoms. The van der Waals surface area contributed by atoms with Gasteiger partial charge < -0.3 is 15.2 Å². The monoisotopic (exact) mass is 297 g/mol. The lowest BCUT2D eigenvalue weighted by Gasteiger charge is -2.22. The topological polar surface area (TPSA) is 75.6 Å². The highest BCUT2D eigenvalue weighted by Crippen LogP contribution is 2.10. The van der Waals surface area contributed by atoms with Crippen LogP contribution in [0.2, 0.25) is 0 Å². The fourth-order valence-electron chi connectivity index (χ4n) is 1.71. The van der Waals surface area contributed by atoms with Crippen LogP contribution in [0.5, 0.6) is 0 Å². The summed E-state index contributed by atoms with van der Waals surface area (Å²) < 4.78 is 18.1. The second kappa shape index (κ2) is 7.06. The van der Waals surface area contributed by atoms with Crippen LogP contribution in [0.15, 0.2) is 24.3 Å². The standard InChI is InChI=1S/C15H20FNO4/c1-15(2,3)21-14(20)17-12(13(18)19)8-7-10-5-4-6-11(16)9-10/h4-6,9,12H,7-8H2,1-3H3,(H,17,20)(H,18,19)/t12-/m0/s1. The van der Waals surface area contributed by atoms with Gasteiger partial charge in [0, 0.05) is 0 Å². The van der Waals surface area contributed by atoms with E-state index in [1.165, 1.54) is 12.1 Å². The van der Waals surface area contributed by atoms with E-state index in [0.717, 1.165) is 0 Å². The minimum Gasteiger partial charge on any atom is -0.480 e. The minimum atomic E-state index is -1.16. The van der Waals surface area contributed by atoms with Crippen LogP contribution in [-0.2, 0) is 16.0 Å². The lowest BCUT2D eigenvalue weighted by atomic mass is 10.1. The summed E-state index contributed by atoms with van der Waals surface area (Å²) in [5.74, 6) is -1.53. The highest BCUT2D eigenvalue weighted by molar-refractivity contribution is 5.80. The van der Waals surface area contributed by atoms with Gasteiger partial charge in [0.15, 0.2) is 0 Å². The van der Waals surface area contributed by atoms with E-state index in [4.69, 9.17) is 9.84 Å². The van der Waals surface area contributed by atoms with Crippen molar-refractivity contribution in [1.82, 2.24) is 5.32 Å². The van der Waals surface area contributed by atoms with Crippen molar-refractivity contribution in [2.24, 2.45) is 0 Å². The number of rotatable bonds is 5. The van der Waals surface area contributed by atoms with E-state index in [2.05, 4.69) is 5.32 Å². The Morgan fingerprint density at radius 2 is 2.05 bits per heavy atom. The predicted molar refractivity (Wildman–Crippen MR) is 75.5 cm³/mol. The molecule has 5 nitrogen and oxygen atoms in total. The quantitative estimate of drug-likeness (QED) is 0.876. The molecule has 2 N–H and O–H groups in total. The third-order valence-corrected chi connectivity index (χ3v) is 2.60. The molecule has 0 aliphatic heterocycles. The van der Waals surface area contributed by atoms with Gasteiger partial charge in [0.2, 0.25) is 0 Å². The number of ether oxygens (including phenoxy) is 1. The fraction of sp³-hybridized carbons (Fsp3) is 0.467. The first kappa shape index (κ1) is 16.9. The Morgan fingerprint density at radius 1 is 1.38 bits per heavy atom. The number of aliphatic carboxylic acids is 1. The van der Waals surface area contributed by atoms with Gasteiger partial charge in [0.05, 0.1) is 0 Å². The first-order valence-corrected chi connectivity index (χ1v) is 6.64. The highest BCUT2D eigenvalue weighted by Gasteiger charge is 2.23. The number of hydrogen-bond donors (Lipinski definition) is 2. The summed E-state index contributed by atoms with van der Waals surface area (Å²) in [6, 6.07) is 4.84. The average Bonchev–Trinajstić information content (AvgIpc) is 2.32. The van der Waals surface area contributed by atoms with Crippen LogP contribution in [0.4, 0.5) is 9.18 Å². The van der Waals surface area contributed by atoms with Crippen molar-refractivity contribution in [1.29, 1.82) is 0 Å². The third-order valence-electron chi connectivity index (χ3n) is 2.60. The Kier molecular flexibility index (Phi) is 5.69. The van der Waals surface area contributed by atoms with E-state index in [1.54, 1.807) is 32.9 Å². The molecule has 1 aromatic rings. The van der Waals surface area contributed by atoms with Gasteiger partial charge in [-0.3, -0.25) is 0 Å². The molecule has 0 saturated carbocycles. The van der Waals surface area contributed by atoms with Gasteiger partial charge in [-0.05, 0) is 51.3 Å². The molecule has 116 valence electrons. The number of benzene rings is 1. The predicted octanol–water partition coefficient (Wildman–Crippen LogP) is 2.74. The maximum absolute atomic E-state index is 13.0. The lowest BCUT2D eigenvalue weighted by molar-refractivity contribution is -0.139. The zero-order valence-corrected chi connectivity index (χ0v) is 12.4. The van der Waals surface area contributed by atoms with Crippen molar-refractivity contribution in [3.05, 3.63) is 35.6 Å². The normalized spacial score (nSPS) is 12.6. The molecule has 0 aliphatic carbocycles. The third kappa shape index (κ3) is 6.74. The van der Waals surface area contributed by atoms with Crippen LogP contribution >= 0.6 is 0 Å². The van der Waals surface area contributed by atoms with Crippen molar-refractivity contribution in [3.63, 3.8) is 0 Å². The van der Waals surface area contributed by atoms with Crippen LogP contribution in [0.25, 0.3) is 0 Å². The van der Waals surface area contributed by atoms with Crippen molar-refractivity contribution >= 4 is 12.1 Å². The van der Waals surface area contributed by atoms with Crippen molar-refractivity contribution in [2.75, 3.05) is 0 Å². The molecular weight excluding hydrogens is 277 g/mol. The SMILES string of the molecule is CC(C)(C)OC(=O)N[C@@H](CCc1cccc(F)c1)C(=O)O. The second-order valence-corrected chi connectivity index (χ2v) is 5.71. The van der Waals surface area contributed by atoms with E-state index in [0.29, 0.717) is 12.0 Å². The van der Waals surface area contributed by atoms with Gasteiger partial charge in [-0.2, -0.15) is 0 Å². The average molecular weight is 297 g/mol. The van der Waals surface area contributed by atoms with Crippen molar-refractivity contribution in [2.45, 2.75) is 45.3 Å². The molecule has 6 heteroatoms. The maximum Gasteiger partial charge on any atom is 0.408 e. The highest BCUT2D eigenvalue weighted by atomic mass is 19.1. The number of aryl methyl sites for hydroxylation is 1. The first-order valence-electron chi connectivity index (χ1n) is 6.64. The van der Waals surface area contributed by atoms with E-state index < -0.39 is 23.7 Å². The number of carbonyl (C=O) groups excluding carboxylic acids is 1. The zero-order chi connectivity index (χ0) is 16.0. The molecule has 1 atom stereocenters. The summed E-state index contributed by atoms with van der Waals surface area (Å²) in [5, 5.41) is 11.4. The van der Waals surface area contributed by atoms with Crippen LogP contribution in [0.1, 0.15) is 32.8 Å². The Balaban J connectivity index is 2.58. The lowest BCUT2D eigenvalue weighted by Crippen LogP contribution is -2.43. The Hall–Kier alpha value is -2.11. The fourth-order valence-corrected chi connectivity index (χ4v) is 1.71. The second-order valence-electron chi connectivity index (χ2n) is 5.71. The summed E-state index contributed by atoms with van der Waals surface area (Å²) in [7, 11) is 0. The van der Waals surface area contributed by atoms with E-state index in [-0.39, 0.29) is 12.2 Å². The molecule has 1 amide bonds. The van der Waals surface area contributed by atoms with Gasteiger partial charge in [-0.15, -0.1) is 0 Å². The largest absolute Gasteiger partial charge is 0.480 e. The number of amides is 1. The summed E-state index contributed by atoms with van der Waals surface area (Å²) in [5.41, 5.74) is -0.0253. The molecule has 1 rings (SSSR count). The van der Waals surface area contributed by atoms with Crippen LogP contribution < -0.4 is 5.32 Å². The van der Waals surface area contributed by atoms with Crippen LogP contribution in [-0.4, -0.2) is 28.8 Å². The van der Waals surface area contributed by atoms with Gasteiger partial charge >= 0.3 is 12.1 Å².